The van der Waals surface area contributed by atoms with Gasteiger partial charge in [-0.1, -0.05) is 31.2 Å². The van der Waals surface area contributed by atoms with Crippen LogP contribution in [0, 0.1) is 5.92 Å². The molecule has 0 aliphatic carbocycles. The number of ether oxygens (including phenoxy) is 1. The quantitative estimate of drug-likeness (QED) is 0.729. The molecule has 1 aromatic carbocycles. The molecule has 1 atom stereocenters. The van der Waals surface area contributed by atoms with Crippen LogP contribution in [0.25, 0.3) is 0 Å². The first kappa shape index (κ1) is 11.3. The molecule has 0 spiro atoms. The Hall–Kier alpha value is -1.15. The largest absolute Gasteiger partial charge is 0.381 e. The Kier molecular flexibility index (Phi) is 3.73. The van der Waals surface area contributed by atoms with Crippen LogP contribution in [0.4, 0.5) is 0 Å². The fourth-order valence-electron chi connectivity index (χ4n) is 2.50. The van der Waals surface area contributed by atoms with Crippen molar-refractivity contribution in [3.05, 3.63) is 35.4 Å². The van der Waals surface area contributed by atoms with Crippen LogP contribution in [0.2, 0.25) is 0 Å². The van der Waals surface area contributed by atoms with Gasteiger partial charge in [0.25, 0.3) is 0 Å². The van der Waals surface area contributed by atoms with Crippen molar-refractivity contribution in [1.82, 2.24) is 0 Å². The highest BCUT2D eigenvalue weighted by molar-refractivity contribution is 5.77. The van der Waals surface area contributed by atoms with E-state index in [0.717, 1.165) is 37.9 Å². The third-order valence-electron chi connectivity index (χ3n) is 3.59. The second-order valence-electron chi connectivity index (χ2n) is 4.49. The predicted octanol–water partition coefficient (Wildman–Crippen LogP) is 3.03. The molecule has 2 nitrogen and oxygen atoms in total. The van der Waals surface area contributed by atoms with E-state index in [1.807, 2.05) is 18.2 Å². The van der Waals surface area contributed by atoms with Gasteiger partial charge in [-0.2, -0.15) is 0 Å². The number of hydrogen-bond acceptors (Lipinski definition) is 2. The second kappa shape index (κ2) is 5.26. The maximum Gasteiger partial charge on any atom is 0.150 e. The van der Waals surface area contributed by atoms with Crippen LogP contribution in [0.15, 0.2) is 24.3 Å². The van der Waals surface area contributed by atoms with Crippen molar-refractivity contribution in [2.45, 2.75) is 25.7 Å². The average molecular weight is 218 g/mol. The van der Waals surface area contributed by atoms with E-state index in [4.69, 9.17) is 4.74 Å². The molecule has 1 aliphatic rings. The standard InChI is InChI=1S/C14H18O2/c1-11(12-6-8-16-9-7-12)14-5-3-2-4-13(14)10-15/h2-5,10-12H,6-9H2,1H3. The predicted molar refractivity (Wildman–Crippen MR) is 63.8 cm³/mol. The Labute approximate surface area is 96.6 Å². The maximum atomic E-state index is 11.0. The van der Waals surface area contributed by atoms with Crippen LogP contribution < -0.4 is 0 Å². The summed E-state index contributed by atoms with van der Waals surface area (Å²) in [6.07, 6.45) is 3.17. The SMILES string of the molecule is CC(c1ccccc1C=O)C1CCOCC1. The van der Waals surface area contributed by atoms with Gasteiger partial charge in [-0.05, 0) is 30.2 Å². The molecule has 0 radical (unpaired) electrons. The molecule has 0 saturated carbocycles. The molecule has 0 amide bonds. The van der Waals surface area contributed by atoms with Crippen LogP contribution in [0.3, 0.4) is 0 Å². The summed E-state index contributed by atoms with van der Waals surface area (Å²) in [7, 11) is 0. The van der Waals surface area contributed by atoms with E-state index in [1.165, 1.54) is 5.56 Å². The highest BCUT2D eigenvalue weighted by atomic mass is 16.5. The van der Waals surface area contributed by atoms with Crippen LogP contribution in [-0.2, 0) is 4.74 Å². The first-order chi connectivity index (χ1) is 7.83. The van der Waals surface area contributed by atoms with Crippen LogP contribution in [0.1, 0.15) is 41.6 Å². The highest BCUT2D eigenvalue weighted by Gasteiger charge is 2.23. The lowest BCUT2D eigenvalue weighted by atomic mass is 9.81. The zero-order chi connectivity index (χ0) is 11.4. The number of carbonyl (C=O) groups excluding carboxylic acids is 1. The summed E-state index contributed by atoms with van der Waals surface area (Å²) in [4.78, 5) is 11.0. The number of aldehydes is 1. The molecule has 2 rings (SSSR count). The van der Waals surface area contributed by atoms with E-state index >= 15 is 0 Å². The molecule has 1 heterocycles. The molecular formula is C14H18O2. The molecule has 1 fully saturated rings. The van der Waals surface area contributed by atoms with Gasteiger partial charge in [0.05, 0.1) is 0 Å². The number of benzene rings is 1. The first-order valence-electron chi connectivity index (χ1n) is 5.94. The lowest BCUT2D eigenvalue weighted by molar-refractivity contribution is 0.0595. The molecule has 16 heavy (non-hydrogen) atoms. The van der Waals surface area contributed by atoms with Crippen molar-refractivity contribution in [2.75, 3.05) is 13.2 Å². The Morgan fingerprint density at radius 1 is 1.31 bits per heavy atom. The van der Waals surface area contributed by atoms with Crippen LogP contribution in [0.5, 0.6) is 0 Å². The molecule has 0 N–H and O–H groups in total. The zero-order valence-corrected chi connectivity index (χ0v) is 9.69. The van der Waals surface area contributed by atoms with Gasteiger partial charge in [-0.15, -0.1) is 0 Å². The summed E-state index contributed by atoms with van der Waals surface area (Å²) in [5.74, 6) is 1.10. The summed E-state index contributed by atoms with van der Waals surface area (Å²) < 4.78 is 5.37. The third kappa shape index (κ3) is 2.33. The first-order valence-corrected chi connectivity index (χ1v) is 5.94. The Balaban J connectivity index is 2.18. The van der Waals surface area contributed by atoms with E-state index in [1.54, 1.807) is 0 Å². The van der Waals surface area contributed by atoms with Gasteiger partial charge < -0.3 is 4.74 Å². The van der Waals surface area contributed by atoms with Gasteiger partial charge in [0.1, 0.15) is 6.29 Å². The summed E-state index contributed by atoms with van der Waals surface area (Å²) >= 11 is 0. The topological polar surface area (TPSA) is 26.3 Å². The van der Waals surface area contributed by atoms with E-state index < -0.39 is 0 Å². The van der Waals surface area contributed by atoms with Crippen molar-refractivity contribution >= 4 is 6.29 Å². The van der Waals surface area contributed by atoms with Crippen molar-refractivity contribution < 1.29 is 9.53 Å². The number of rotatable bonds is 3. The third-order valence-corrected chi connectivity index (χ3v) is 3.59. The molecule has 2 heteroatoms. The van der Waals surface area contributed by atoms with E-state index in [0.29, 0.717) is 11.8 Å². The highest BCUT2D eigenvalue weighted by Crippen LogP contribution is 2.32. The molecule has 1 aromatic rings. The van der Waals surface area contributed by atoms with Gasteiger partial charge in [0.15, 0.2) is 0 Å². The Bertz CT molecular complexity index is 354. The van der Waals surface area contributed by atoms with E-state index in [-0.39, 0.29) is 0 Å². The lowest BCUT2D eigenvalue weighted by Gasteiger charge is -2.28. The molecule has 0 bridgehead atoms. The van der Waals surface area contributed by atoms with Gasteiger partial charge in [-0.25, -0.2) is 0 Å². The number of carbonyl (C=O) groups is 1. The Morgan fingerprint density at radius 2 is 2.00 bits per heavy atom. The maximum absolute atomic E-state index is 11.0. The van der Waals surface area contributed by atoms with Gasteiger partial charge in [0, 0.05) is 18.8 Å². The zero-order valence-electron chi connectivity index (χ0n) is 9.69. The number of hydrogen-bond donors (Lipinski definition) is 0. The Morgan fingerprint density at radius 3 is 2.69 bits per heavy atom. The summed E-state index contributed by atoms with van der Waals surface area (Å²) in [6, 6.07) is 7.91. The summed E-state index contributed by atoms with van der Waals surface area (Å²) in [5, 5.41) is 0. The monoisotopic (exact) mass is 218 g/mol. The molecule has 0 aromatic heterocycles. The van der Waals surface area contributed by atoms with Gasteiger partial charge in [0.2, 0.25) is 0 Å². The van der Waals surface area contributed by atoms with Crippen molar-refractivity contribution in [2.24, 2.45) is 5.92 Å². The fraction of sp³-hybridized carbons (Fsp3) is 0.500. The second-order valence-corrected chi connectivity index (χ2v) is 4.49. The minimum absolute atomic E-state index is 0.449. The minimum Gasteiger partial charge on any atom is -0.381 e. The average Bonchev–Trinajstić information content (AvgIpc) is 2.39. The summed E-state index contributed by atoms with van der Waals surface area (Å²) in [6.45, 7) is 3.94. The molecule has 1 saturated heterocycles. The molecular weight excluding hydrogens is 200 g/mol. The van der Waals surface area contributed by atoms with Gasteiger partial charge in [-0.3, -0.25) is 4.79 Å². The normalized spacial score (nSPS) is 19.3. The minimum atomic E-state index is 0.449. The molecule has 86 valence electrons. The molecule has 1 aliphatic heterocycles. The van der Waals surface area contributed by atoms with Crippen molar-refractivity contribution in [3.63, 3.8) is 0 Å². The van der Waals surface area contributed by atoms with Crippen molar-refractivity contribution in [1.29, 1.82) is 0 Å². The van der Waals surface area contributed by atoms with Crippen LogP contribution in [-0.4, -0.2) is 19.5 Å². The van der Waals surface area contributed by atoms with Crippen LogP contribution >= 0.6 is 0 Å². The van der Waals surface area contributed by atoms with Crippen molar-refractivity contribution in [3.8, 4) is 0 Å². The van der Waals surface area contributed by atoms with E-state index in [2.05, 4.69) is 13.0 Å². The molecule has 1 unspecified atom stereocenters. The summed E-state index contributed by atoms with van der Waals surface area (Å²) in [5.41, 5.74) is 2.02. The fourth-order valence-corrected chi connectivity index (χ4v) is 2.50. The lowest BCUT2D eigenvalue weighted by Crippen LogP contribution is -2.21. The smallest absolute Gasteiger partial charge is 0.150 e. The van der Waals surface area contributed by atoms with E-state index in [9.17, 15) is 4.79 Å². The van der Waals surface area contributed by atoms with Gasteiger partial charge >= 0.3 is 0 Å².